The van der Waals surface area contributed by atoms with Gasteiger partial charge < -0.3 is 4.74 Å². The monoisotopic (exact) mass is 157 g/mol. The van der Waals surface area contributed by atoms with Crippen LogP contribution >= 0.6 is 0 Å². The summed E-state index contributed by atoms with van der Waals surface area (Å²) in [5.41, 5.74) is 0. The Morgan fingerprint density at radius 3 is 2.45 bits per heavy atom. The van der Waals surface area contributed by atoms with Crippen LogP contribution in [0, 0.1) is 0 Å². The van der Waals surface area contributed by atoms with Crippen molar-refractivity contribution >= 4 is 0 Å². The van der Waals surface area contributed by atoms with Crippen molar-refractivity contribution in [3.05, 3.63) is 0 Å². The highest BCUT2D eigenvalue weighted by molar-refractivity contribution is 4.65. The van der Waals surface area contributed by atoms with Gasteiger partial charge in [-0.2, -0.15) is 0 Å². The Morgan fingerprint density at radius 2 is 1.91 bits per heavy atom. The minimum absolute atomic E-state index is 0.220. The molecule has 1 fully saturated rings. The van der Waals surface area contributed by atoms with Crippen molar-refractivity contribution in [3.63, 3.8) is 0 Å². The van der Waals surface area contributed by atoms with Gasteiger partial charge in [0.25, 0.3) is 0 Å². The van der Waals surface area contributed by atoms with Crippen molar-refractivity contribution in [2.45, 2.75) is 51.4 Å². The van der Waals surface area contributed by atoms with Gasteiger partial charge in [-0.1, -0.05) is 19.3 Å². The molecule has 0 aromatic heterocycles. The summed E-state index contributed by atoms with van der Waals surface area (Å²) in [4.78, 5) is 0. The second-order valence-corrected chi connectivity index (χ2v) is 3.33. The SMILES string of the molecule is CNC(C)OC1CCCCC1. The highest BCUT2D eigenvalue weighted by Gasteiger charge is 2.15. The Balaban J connectivity index is 2.13. The van der Waals surface area contributed by atoms with Crippen LogP contribution in [0.3, 0.4) is 0 Å². The first-order valence-corrected chi connectivity index (χ1v) is 4.65. The van der Waals surface area contributed by atoms with Crippen molar-refractivity contribution in [1.29, 1.82) is 0 Å². The summed E-state index contributed by atoms with van der Waals surface area (Å²) < 4.78 is 5.73. The molecule has 1 N–H and O–H groups in total. The van der Waals surface area contributed by atoms with Crippen LogP contribution in [0.1, 0.15) is 39.0 Å². The molecule has 2 heteroatoms. The van der Waals surface area contributed by atoms with Crippen LogP contribution in [0.5, 0.6) is 0 Å². The van der Waals surface area contributed by atoms with Crippen molar-refractivity contribution in [3.8, 4) is 0 Å². The Morgan fingerprint density at radius 1 is 1.27 bits per heavy atom. The third-order valence-electron chi connectivity index (χ3n) is 2.36. The van der Waals surface area contributed by atoms with E-state index in [1.165, 1.54) is 32.1 Å². The molecule has 0 radical (unpaired) electrons. The summed E-state index contributed by atoms with van der Waals surface area (Å²) in [7, 11) is 1.94. The Labute approximate surface area is 69.3 Å². The molecule has 0 aromatic rings. The average molecular weight is 157 g/mol. The molecule has 11 heavy (non-hydrogen) atoms. The van der Waals surface area contributed by atoms with E-state index in [4.69, 9.17) is 4.74 Å². The molecule has 1 rings (SSSR count). The van der Waals surface area contributed by atoms with Crippen molar-refractivity contribution in [1.82, 2.24) is 5.32 Å². The van der Waals surface area contributed by atoms with Gasteiger partial charge >= 0.3 is 0 Å². The van der Waals surface area contributed by atoms with Crippen molar-refractivity contribution < 1.29 is 4.74 Å². The zero-order chi connectivity index (χ0) is 8.10. The van der Waals surface area contributed by atoms with Gasteiger partial charge in [0.05, 0.1) is 6.10 Å². The minimum atomic E-state index is 0.220. The highest BCUT2D eigenvalue weighted by atomic mass is 16.5. The molecular formula is C9H19NO. The Kier molecular flexibility index (Phi) is 3.87. The fourth-order valence-corrected chi connectivity index (χ4v) is 1.56. The molecule has 2 nitrogen and oxygen atoms in total. The summed E-state index contributed by atoms with van der Waals surface area (Å²) in [5.74, 6) is 0. The predicted molar refractivity (Wildman–Crippen MR) is 46.5 cm³/mol. The lowest BCUT2D eigenvalue weighted by Gasteiger charge is -2.25. The molecule has 0 aromatic carbocycles. The lowest BCUT2D eigenvalue weighted by molar-refractivity contribution is -0.0328. The standard InChI is InChI=1S/C9H19NO/c1-8(10-2)11-9-6-4-3-5-7-9/h8-10H,3-7H2,1-2H3. The Hall–Kier alpha value is -0.0800. The van der Waals surface area contributed by atoms with Crippen LogP contribution < -0.4 is 5.32 Å². The second kappa shape index (κ2) is 4.73. The van der Waals surface area contributed by atoms with Crippen LogP contribution in [0.15, 0.2) is 0 Å². The van der Waals surface area contributed by atoms with Crippen LogP contribution in [0.4, 0.5) is 0 Å². The molecule has 0 amide bonds. The van der Waals surface area contributed by atoms with Gasteiger partial charge in [0.2, 0.25) is 0 Å². The van der Waals surface area contributed by atoms with E-state index < -0.39 is 0 Å². The lowest BCUT2D eigenvalue weighted by Crippen LogP contribution is -2.30. The van der Waals surface area contributed by atoms with Crippen molar-refractivity contribution in [2.24, 2.45) is 0 Å². The van der Waals surface area contributed by atoms with Gasteiger partial charge in [0, 0.05) is 0 Å². The maximum atomic E-state index is 5.73. The van der Waals surface area contributed by atoms with Gasteiger partial charge in [-0.05, 0) is 26.8 Å². The molecule has 66 valence electrons. The maximum Gasteiger partial charge on any atom is 0.105 e. The molecule has 1 atom stereocenters. The van der Waals surface area contributed by atoms with E-state index in [0.29, 0.717) is 6.10 Å². The smallest absolute Gasteiger partial charge is 0.105 e. The molecule has 1 aliphatic rings. The summed E-state index contributed by atoms with van der Waals surface area (Å²) >= 11 is 0. The number of hydrogen-bond acceptors (Lipinski definition) is 2. The van der Waals surface area contributed by atoms with E-state index in [1.807, 2.05) is 7.05 Å². The molecule has 1 saturated carbocycles. The van der Waals surface area contributed by atoms with Crippen LogP contribution in [-0.2, 0) is 4.74 Å². The molecule has 0 aliphatic heterocycles. The minimum Gasteiger partial charge on any atom is -0.360 e. The third kappa shape index (κ3) is 3.21. The van der Waals surface area contributed by atoms with Gasteiger partial charge in [0.15, 0.2) is 0 Å². The van der Waals surface area contributed by atoms with E-state index in [2.05, 4.69) is 12.2 Å². The van der Waals surface area contributed by atoms with E-state index in [1.54, 1.807) is 0 Å². The van der Waals surface area contributed by atoms with E-state index in [0.717, 1.165) is 0 Å². The molecule has 0 saturated heterocycles. The van der Waals surface area contributed by atoms with Gasteiger partial charge in [-0.3, -0.25) is 5.32 Å². The summed E-state index contributed by atoms with van der Waals surface area (Å²) in [6.07, 6.45) is 7.35. The van der Waals surface area contributed by atoms with Gasteiger partial charge in [-0.25, -0.2) is 0 Å². The van der Waals surface area contributed by atoms with E-state index in [-0.39, 0.29) is 6.23 Å². The first kappa shape index (κ1) is 9.01. The molecular weight excluding hydrogens is 138 g/mol. The lowest BCUT2D eigenvalue weighted by atomic mass is 9.98. The summed E-state index contributed by atoms with van der Waals surface area (Å²) in [6.45, 7) is 2.06. The maximum absolute atomic E-state index is 5.73. The van der Waals surface area contributed by atoms with Gasteiger partial charge in [-0.15, -0.1) is 0 Å². The first-order valence-electron chi connectivity index (χ1n) is 4.65. The summed E-state index contributed by atoms with van der Waals surface area (Å²) in [5, 5.41) is 3.09. The second-order valence-electron chi connectivity index (χ2n) is 3.33. The molecule has 0 bridgehead atoms. The average Bonchev–Trinajstić information content (AvgIpc) is 2.06. The fraction of sp³-hybridized carbons (Fsp3) is 1.00. The number of nitrogens with one attached hydrogen (secondary N) is 1. The highest BCUT2D eigenvalue weighted by Crippen LogP contribution is 2.20. The normalized spacial score (nSPS) is 23.5. The topological polar surface area (TPSA) is 21.3 Å². The molecule has 1 unspecified atom stereocenters. The number of rotatable bonds is 3. The zero-order valence-electron chi connectivity index (χ0n) is 7.60. The fourth-order valence-electron chi connectivity index (χ4n) is 1.56. The predicted octanol–water partition coefficient (Wildman–Crippen LogP) is 1.90. The number of hydrogen-bond donors (Lipinski definition) is 1. The van der Waals surface area contributed by atoms with Crippen LogP contribution in [0.2, 0.25) is 0 Å². The summed E-state index contributed by atoms with van der Waals surface area (Å²) in [6, 6.07) is 0. The van der Waals surface area contributed by atoms with E-state index >= 15 is 0 Å². The quantitative estimate of drug-likeness (QED) is 0.632. The molecule has 0 heterocycles. The molecule has 1 aliphatic carbocycles. The first-order chi connectivity index (χ1) is 5.33. The van der Waals surface area contributed by atoms with E-state index in [9.17, 15) is 0 Å². The largest absolute Gasteiger partial charge is 0.360 e. The van der Waals surface area contributed by atoms with Gasteiger partial charge in [0.1, 0.15) is 6.23 Å². The van der Waals surface area contributed by atoms with Crippen LogP contribution in [-0.4, -0.2) is 19.4 Å². The third-order valence-corrected chi connectivity index (χ3v) is 2.36. The molecule has 0 spiro atoms. The Bertz CT molecular complexity index is 99.7. The van der Waals surface area contributed by atoms with Crippen molar-refractivity contribution in [2.75, 3.05) is 7.05 Å². The number of ether oxygens (including phenoxy) is 1. The van der Waals surface area contributed by atoms with Crippen LogP contribution in [0.25, 0.3) is 0 Å². The zero-order valence-corrected chi connectivity index (χ0v) is 7.60.